The number of anilines is 2. The second-order valence-electron chi connectivity index (χ2n) is 10.2. The van der Waals surface area contributed by atoms with E-state index in [1.54, 1.807) is 0 Å². The molecule has 0 aliphatic carbocycles. The summed E-state index contributed by atoms with van der Waals surface area (Å²) >= 11 is 0. The van der Waals surface area contributed by atoms with E-state index in [9.17, 15) is 0 Å². The highest BCUT2D eigenvalue weighted by molar-refractivity contribution is 5.43. The Bertz CT molecular complexity index is 589. The van der Waals surface area contributed by atoms with Crippen molar-refractivity contribution in [2.75, 3.05) is 42.9 Å². The highest BCUT2D eigenvalue weighted by atomic mass is 15.3. The molecule has 0 radical (unpaired) electrons. The fraction of sp³-hybridized carbons (Fsp3) is 0.826. The van der Waals surface area contributed by atoms with Gasteiger partial charge in [-0.25, -0.2) is 4.98 Å². The first-order chi connectivity index (χ1) is 13.4. The highest BCUT2D eigenvalue weighted by Gasteiger charge is 2.24. The lowest BCUT2D eigenvalue weighted by Gasteiger charge is -2.25. The predicted molar refractivity (Wildman–Crippen MR) is 119 cm³/mol. The number of hydrogen-bond acceptors (Lipinski definition) is 5. The molecule has 0 aromatic carbocycles. The second-order valence-corrected chi connectivity index (χ2v) is 10.2. The minimum absolute atomic E-state index is 0.435. The van der Waals surface area contributed by atoms with Crippen molar-refractivity contribution in [3.8, 4) is 0 Å². The molecule has 2 saturated heterocycles. The standard InChI is InChI=1S/C23H41N5/c1-19(17-23(2,3)4)10-15-27-16-11-20(18-27)25-22-24-12-9-21(26-22)28-13-7-5-6-8-14-28/h9,12,19-20H,5-8,10-11,13-18H2,1-4H3,(H,24,25,26). The number of hydrogen-bond donors (Lipinski definition) is 1. The lowest BCUT2D eigenvalue weighted by atomic mass is 9.84. The first kappa shape index (κ1) is 21.4. The van der Waals surface area contributed by atoms with Crippen molar-refractivity contribution >= 4 is 11.8 Å². The topological polar surface area (TPSA) is 44.3 Å². The van der Waals surface area contributed by atoms with Gasteiger partial charge in [-0.3, -0.25) is 0 Å². The van der Waals surface area contributed by atoms with E-state index in [-0.39, 0.29) is 0 Å². The molecule has 2 aliphatic heterocycles. The molecular formula is C23H41N5. The molecule has 5 heteroatoms. The van der Waals surface area contributed by atoms with E-state index in [2.05, 4.69) is 53.9 Å². The van der Waals surface area contributed by atoms with Crippen LogP contribution in [0.2, 0.25) is 0 Å². The smallest absolute Gasteiger partial charge is 0.224 e. The third-order valence-electron chi connectivity index (χ3n) is 6.08. The number of aromatic nitrogens is 2. The predicted octanol–water partition coefficient (Wildman–Crippen LogP) is 4.81. The van der Waals surface area contributed by atoms with Crippen molar-refractivity contribution in [2.45, 2.75) is 78.7 Å². The van der Waals surface area contributed by atoms with E-state index in [4.69, 9.17) is 4.98 Å². The van der Waals surface area contributed by atoms with Gasteiger partial charge < -0.3 is 15.1 Å². The third kappa shape index (κ3) is 6.91. The van der Waals surface area contributed by atoms with E-state index < -0.39 is 0 Å². The van der Waals surface area contributed by atoms with Crippen LogP contribution in [0.25, 0.3) is 0 Å². The van der Waals surface area contributed by atoms with E-state index in [1.165, 1.54) is 58.0 Å². The van der Waals surface area contributed by atoms with Gasteiger partial charge in [-0.1, -0.05) is 40.5 Å². The molecule has 2 aliphatic rings. The van der Waals surface area contributed by atoms with Gasteiger partial charge in [-0.15, -0.1) is 0 Å². The maximum atomic E-state index is 4.83. The van der Waals surface area contributed by atoms with Gasteiger partial charge in [0.05, 0.1) is 0 Å². The molecule has 3 rings (SSSR count). The van der Waals surface area contributed by atoms with Crippen molar-refractivity contribution in [2.24, 2.45) is 11.3 Å². The second kappa shape index (κ2) is 9.91. The van der Waals surface area contributed by atoms with Gasteiger partial charge >= 0.3 is 0 Å². The van der Waals surface area contributed by atoms with E-state index >= 15 is 0 Å². The Morgan fingerprint density at radius 3 is 2.61 bits per heavy atom. The van der Waals surface area contributed by atoms with Gasteiger partial charge in [-0.05, 0) is 56.0 Å². The summed E-state index contributed by atoms with van der Waals surface area (Å²) in [4.78, 5) is 14.4. The van der Waals surface area contributed by atoms with Gasteiger partial charge in [0.25, 0.3) is 0 Å². The zero-order valence-electron chi connectivity index (χ0n) is 18.6. The average Bonchev–Trinajstić information content (AvgIpc) is 2.89. The van der Waals surface area contributed by atoms with Crippen LogP contribution >= 0.6 is 0 Å². The summed E-state index contributed by atoms with van der Waals surface area (Å²) in [5.41, 5.74) is 0.435. The normalized spacial score (nSPS) is 22.9. The lowest BCUT2D eigenvalue weighted by molar-refractivity contribution is 0.255. The fourth-order valence-corrected chi connectivity index (χ4v) is 4.78. The molecule has 28 heavy (non-hydrogen) atoms. The van der Waals surface area contributed by atoms with Crippen LogP contribution in [0.5, 0.6) is 0 Å². The van der Waals surface area contributed by atoms with Crippen LogP contribution in [0, 0.1) is 11.3 Å². The van der Waals surface area contributed by atoms with Gasteiger partial charge in [0.2, 0.25) is 5.95 Å². The molecule has 2 fully saturated rings. The van der Waals surface area contributed by atoms with Gasteiger partial charge in [-0.2, -0.15) is 4.98 Å². The van der Waals surface area contributed by atoms with Crippen LogP contribution in [0.4, 0.5) is 11.8 Å². The molecule has 3 heterocycles. The molecule has 158 valence electrons. The third-order valence-corrected chi connectivity index (χ3v) is 6.08. The van der Waals surface area contributed by atoms with E-state index in [1.807, 2.05) is 6.20 Å². The van der Waals surface area contributed by atoms with Crippen LogP contribution in [-0.4, -0.2) is 53.6 Å². The van der Waals surface area contributed by atoms with Gasteiger partial charge in [0, 0.05) is 38.4 Å². The molecular weight excluding hydrogens is 346 g/mol. The molecule has 1 N–H and O–H groups in total. The summed E-state index contributed by atoms with van der Waals surface area (Å²) in [6.45, 7) is 15.2. The maximum Gasteiger partial charge on any atom is 0.224 e. The minimum atomic E-state index is 0.435. The molecule has 0 saturated carbocycles. The van der Waals surface area contributed by atoms with Crippen molar-refractivity contribution in [3.63, 3.8) is 0 Å². The maximum absolute atomic E-state index is 4.83. The number of likely N-dealkylation sites (tertiary alicyclic amines) is 1. The van der Waals surface area contributed by atoms with Crippen molar-refractivity contribution in [1.29, 1.82) is 0 Å². The average molecular weight is 388 g/mol. The molecule has 2 unspecified atom stereocenters. The van der Waals surface area contributed by atoms with Crippen molar-refractivity contribution < 1.29 is 0 Å². The highest BCUT2D eigenvalue weighted by Crippen LogP contribution is 2.26. The summed E-state index contributed by atoms with van der Waals surface area (Å²) in [7, 11) is 0. The Balaban J connectivity index is 1.45. The Labute approximate surface area is 172 Å². The molecule has 1 aromatic rings. The summed E-state index contributed by atoms with van der Waals surface area (Å²) in [5, 5.41) is 3.60. The van der Waals surface area contributed by atoms with Crippen LogP contribution in [-0.2, 0) is 0 Å². The largest absolute Gasteiger partial charge is 0.356 e. The molecule has 0 spiro atoms. The molecule has 0 bridgehead atoms. The quantitative estimate of drug-likeness (QED) is 0.728. The summed E-state index contributed by atoms with van der Waals surface area (Å²) in [6.07, 6.45) is 10.9. The van der Waals surface area contributed by atoms with Crippen LogP contribution in [0.3, 0.4) is 0 Å². The number of nitrogens with zero attached hydrogens (tertiary/aromatic N) is 4. The molecule has 1 aromatic heterocycles. The lowest BCUT2D eigenvalue weighted by Crippen LogP contribution is -2.29. The number of rotatable bonds is 7. The van der Waals surface area contributed by atoms with Crippen LogP contribution < -0.4 is 10.2 Å². The monoisotopic (exact) mass is 387 g/mol. The Morgan fingerprint density at radius 1 is 1.14 bits per heavy atom. The van der Waals surface area contributed by atoms with E-state index in [0.29, 0.717) is 11.5 Å². The minimum Gasteiger partial charge on any atom is -0.356 e. The Kier molecular flexibility index (Phi) is 7.55. The molecule has 5 nitrogen and oxygen atoms in total. The zero-order chi connectivity index (χ0) is 20.0. The number of nitrogens with one attached hydrogen (secondary N) is 1. The fourth-order valence-electron chi connectivity index (χ4n) is 4.78. The summed E-state index contributed by atoms with van der Waals surface area (Å²) in [5.74, 6) is 2.68. The first-order valence-electron chi connectivity index (χ1n) is 11.5. The van der Waals surface area contributed by atoms with Crippen LogP contribution in [0.1, 0.15) is 72.6 Å². The Hall–Kier alpha value is -1.36. The van der Waals surface area contributed by atoms with Crippen molar-refractivity contribution in [3.05, 3.63) is 12.3 Å². The zero-order valence-corrected chi connectivity index (χ0v) is 18.6. The van der Waals surface area contributed by atoms with E-state index in [0.717, 1.165) is 37.3 Å². The molecule has 0 amide bonds. The summed E-state index contributed by atoms with van der Waals surface area (Å²) in [6, 6.07) is 2.53. The van der Waals surface area contributed by atoms with Crippen LogP contribution in [0.15, 0.2) is 12.3 Å². The first-order valence-corrected chi connectivity index (χ1v) is 11.5. The van der Waals surface area contributed by atoms with Crippen molar-refractivity contribution in [1.82, 2.24) is 14.9 Å². The van der Waals surface area contributed by atoms with Gasteiger partial charge in [0.15, 0.2) is 0 Å². The Morgan fingerprint density at radius 2 is 1.89 bits per heavy atom. The summed E-state index contributed by atoms with van der Waals surface area (Å²) < 4.78 is 0. The molecule has 2 atom stereocenters. The van der Waals surface area contributed by atoms with Gasteiger partial charge in [0.1, 0.15) is 5.82 Å². The SMILES string of the molecule is CC(CCN1CCC(Nc2nccc(N3CCCCCC3)n2)C1)CC(C)(C)C.